The van der Waals surface area contributed by atoms with Gasteiger partial charge >= 0.3 is 0 Å². The number of carbonyl (C=O) groups excluding carboxylic acids is 1. The summed E-state index contributed by atoms with van der Waals surface area (Å²) in [5, 5.41) is 6.19. The van der Waals surface area contributed by atoms with Crippen molar-refractivity contribution in [2.75, 3.05) is 6.61 Å². The van der Waals surface area contributed by atoms with Gasteiger partial charge in [-0.05, 0) is 13.3 Å². The van der Waals surface area contributed by atoms with E-state index in [9.17, 15) is 4.79 Å². The molecular weight excluding hydrogens is 156 g/mol. The van der Waals surface area contributed by atoms with Gasteiger partial charge < -0.3 is 10.2 Å². The summed E-state index contributed by atoms with van der Waals surface area (Å²) in [6.07, 6.45) is 2.06. The highest BCUT2D eigenvalue weighted by Crippen LogP contribution is 1.88. The quantitative estimate of drug-likeness (QED) is 0.300. The molecule has 0 aromatic heterocycles. The molecule has 0 aromatic rings. The Bertz CT molecular complexity index is 166. The molecule has 0 saturated carbocycles. The fourth-order valence-corrected chi connectivity index (χ4v) is 0.629. The summed E-state index contributed by atoms with van der Waals surface area (Å²) < 4.78 is 0. The van der Waals surface area contributed by atoms with E-state index in [-0.39, 0.29) is 5.91 Å². The lowest BCUT2D eigenvalue weighted by molar-refractivity contribution is -0.117. The molecule has 0 atom stereocenters. The molecule has 0 fully saturated rings. The fraction of sp³-hybridized carbons (Fsp3) is 0.750. The highest BCUT2D eigenvalue weighted by atomic mass is 16.6. The van der Waals surface area contributed by atoms with E-state index in [4.69, 9.17) is 4.84 Å². The number of amides is 1. The summed E-state index contributed by atoms with van der Waals surface area (Å²) in [6, 6.07) is 0. The van der Waals surface area contributed by atoms with Crippen LogP contribution < -0.4 is 5.32 Å². The lowest BCUT2D eigenvalue weighted by Crippen LogP contribution is -2.25. The van der Waals surface area contributed by atoms with Crippen molar-refractivity contribution in [1.29, 1.82) is 0 Å². The lowest BCUT2D eigenvalue weighted by Gasteiger charge is -2.00. The molecule has 0 radical (unpaired) electrons. The Morgan fingerprint density at radius 2 is 2.17 bits per heavy atom. The van der Waals surface area contributed by atoms with Crippen LogP contribution in [0.2, 0.25) is 0 Å². The smallest absolute Gasteiger partial charge is 0.222 e. The average Bonchev–Trinajstić information content (AvgIpc) is 1.97. The number of hydrogen-bond donors (Lipinski definition) is 1. The molecule has 1 N–H and O–H groups in total. The Labute approximate surface area is 73.0 Å². The maximum atomic E-state index is 10.5. The topological polar surface area (TPSA) is 50.7 Å². The molecule has 4 nitrogen and oxygen atoms in total. The van der Waals surface area contributed by atoms with Crippen molar-refractivity contribution in [2.24, 2.45) is 5.16 Å². The van der Waals surface area contributed by atoms with Gasteiger partial charge in [0.15, 0.2) is 0 Å². The number of nitrogens with one attached hydrogen (secondary N) is 1. The molecule has 0 aromatic carbocycles. The zero-order valence-corrected chi connectivity index (χ0v) is 7.89. The van der Waals surface area contributed by atoms with Crippen LogP contribution in [0.25, 0.3) is 0 Å². The first-order chi connectivity index (χ1) is 5.66. The molecule has 4 heteroatoms. The standard InChI is InChI=1S/C8H16N2O2/c1-4-5-6-12-10-7(2)9-8(3)11/h4-6H2,1-3H3,(H,9,10,11). The molecule has 12 heavy (non-hydrogen) atoms. The van der Waals surface area contributed by atoms with E-state index < -0.39 is 0 Å². The van der Waals surface area contributed by atoms with Gasteiger partial charge in [0.05, 0.1) is 0 Å². The van der Waals surface area contributed by atoms with Crippen molar-refractivity contribution in [3.8, 4) is 0 Å². The SMILES string of the molecule is CCCCON=C(C)NC(C)=O. The third-order valence-corrected chi connectivity index (χ3v) is 1.15. The predicted molar refractivity (Wildman–Crippen MR) is 47.8 cm³/mol. The first kappa shape index (κ1) is 10.9. The third kappa shape index (κ3) is 7.05. The van der Waals surface area contributed by atoms with Gasteiger partial charge in [-0.2, -0.15) is 0 Å². The van der Waals surface area contributed by atoms with Crippen LogP contribution in [0.15, 0.2) is 5.16 Å². The molecule has 70 valence electrons. The molecule has 1 amide bonds. The maximum Gasteiger partial charge on any atom is 0.222 e. The number of rotatable bonds is 4. The highest BCUT2D eigenvalue weighted by Gasteiger charge is 1.93. The van der Waals surface area contributed by atoms with Crippen molar-refractivity contribution in [3.05, 3.63) is 0 Å². The molecule has 0 spiro atoms. The average molecular weight is 172 g/mol. The number of nitrogens with zero attached hydrogens (tertiary/aromatic N) is 1. The third-order valence-electron chi connectivity index (χ3n) is 1.15. The Morgan fingerprint density at radius 1 is 1.50 bits per heavy atom. The van der Waals surface area contributed by atoms with Crippen LogP contribution in [-0.4, -0.2) is 18.3 Å². The number of oxime groups is 1. The van der Waals surface area contributed by atoms with E-state index in [1.54, 1.807) is 6.92 Å². The van der Waals surface area contributed by atoms with Crippen molar-refractivity contribution in [2.45, 2.75) is 33.6 Å². The lowest BCUT2D eigenvalue weighted by atomic mass is 10.4. The second-order valence-corrected chi connectivity index (χ2v) is 2.54. The Balaban J connectivity index is 3.48. The highest BCUT2D eigenvalue weighted by molar-refractivity contribution is 5.95. The number of carbonyl (C=O) groups is 1. The second kappa shape index (κ2) is 6.64. The fourth-order valence-electron chi connectivity index (χ4n) is 0.629. The molecule has 0 rings (SSSR count). The van der Waals surface area contributed by atoms with Gasteiger partial charge in [-0.3, -0.25) is 4.79 Å². The van der Waals surface area contributed by atoms with Crippen molar-refractivity contribution in [1.82, 2.24) is 5.32 Å². The van der Waals surface area contributed by atoms with Crippen LogP contribution in [0.3, 0.4) is 0 Å². The van der Waals surface area contributed by atoms with Gasteiger partial charge in [0, 0.05) is 6.92 Å². The van der Waals surface area contributed by atoms with Gasteiger partial charge in [0.2, 0.25) is 5.91 Å². The molecule has 0 bridgehead atoms. The first-order valence-corrected chi connectivity index (χ1v) is 4.11. The van der Waals surface area contributed by atoms with Crippen molar-refractivity contribution >= 4 is 11.7 Å². The number of amidine groups is 1. The summed E-state index contributed by atoms with van der Waals surface area (Å²) in [6.45, 7) is 5.81. The van der Waals surface area contributed by atoms with Crippen LogP contribution in [0.5, 0.6) is 0 Å². The van der Waals surface area contributed by atoms with Crippen molar-refractivity contribution < 1.29 is 9.63 Å². The maximum absolute atomic E-state index is 10.5. The molecular formula is C8H16N2O2. The van der Waals surface area contributed by atoms with Crippen LogP contribution in [0.4, 0.5) is 0 Å². The van der Waals surface area contributed by atoms with E-state index in [2.05, 4.69) is 17.4 Å². The zero-order valence-electron chi connectivity index (χ0n) is 7.89. The van der Waals surface area contributed by atoms with Crippen LogP contribution >= 0.6 is 0 Å². The summed E-state index contributed by atoms with van der Waals surface area (Å²) in [7, 11) is 0. The molecule has 0 unspecified atom stereocenters. The Kier molecular flexibility index (Phi) is 6.05. The summed E-state index contributed by atoms with van der Waals surface area (Å²) >= 11 is 0. The summed E-state index contributed by atoms with van der Waals surface area (Å²) in [4.78, 5) is 15.4. The van der Waals surface area contributed by atoms with E-state index >= 15 is 0 Å². The predicted octanol–water partition coefficient (Wildman–Crippen LogP) is 1.27. The minimum absolute atomic E-state index is 0.129. The number of hydrogen-bond acceptors (Lipinski definition) is 3. The van der Waals surface area contributed by atoms with Gasteiger partial charge in [-0.1, -0.05) is 18.5 Å². The monoisotopic (exact) mass is 172 g/mol. The van der Waals surface area contributed by atoms with E-state index in [1.165, 1.54) is 6.92 Å². The molecule has 0 aliphatic rings. The van der Waals surface area contributed by atoms with E-state index in [1.807, 2.05) is 0 Å². The molecule has 0 heterocycles. The molecule has 0 aliphatic carbocycles. The van der Waals surface area contributed by atoms with Gasteiger partial charge in [0.1, 0.15) is 12.4 Å². The summed E-state index contributed by atoms with van der Waals surface area (Å²) in [5.74, 6) is 0.369. The first-order valence-electron chi connectivity index (χ1n) is 4.11. The number of unbranched alkanes of at least 4 members (excludes halogenated alkanes) is 1. The molecule has 0 saturated heterocycles. The summed E-state index contributed by atoms with van der Waals surface area (Å²) in [5.41, 5.74) is 0. The normalized spacial score (nSPS) is 11.1. The van der Waals surface area contributed by atoms with Crippen LogP contribution in [0, 0.1) is 0 Å². The zero-order chi connectivity index (χ0) is 9.40. The molecule has 0 aliphatic heterocycles. The van der Waals surface area contributed by atoms with Gasteiger partial charge in [-0.25, -0.2) is 0 Å². The largest absolute Gasteiger partial charge is 0.394 e. The Morgan fingerprint density at radius 3 is 2.67 bits per heavy atom. The van der Waals surface area contributed by atoms with Crippen molar-refractivity contribution in [3.63, 3.8) is 0 Å². The minimum Gasteiger partial charge on any atom is -0.394 e. The second-order valence-electron chi connectivity index (χ2n) is 2.54. The van der Waals surface area contributed by atoms with E-state index in [0.29, 0.717) is 12.4 Å². The van der Waals surface area contributed by atoms with Crippen LogP contribution in [0.1, 0.15) is 33.6 Å². The van der Waals surface area contributed by atoms with Crippen LogP contribution in [-0.2, 0) is 9.63 Å². The van der Waals surface area contributed by atoms with Gasteiger partial charge in [0.25, 0.3) is 0 Å². The Hall–Kier alpha value is -1.06. The minimum atomic E-state index is -0.129. The van der Waals surface area contributed by atoms with Gasteiger partial charge in [-0.15, -0.1) is 0 Å². The van der Waals surface area contributed by atoms with E-state index in [0.717, 1.165) is 12.8 Å².